The fourth-order valence-electron chi connectivity index (χ4n) is 2.35. The summed E-state index contributed by atoms with van der Waals surface area (Å²) in [5.74, 6) is 0.0379. The van der Waals surface area contributed by atoms with Crippen LogP contribution in [-0.4, -0.2) is 30.2 Å². The lowest BCUT2D eigenvalue weighted by molar-refractivity contribution is 0.0594. The number of ether oxygens (including phenoxy) is 2. The molecule has 7 heteroatoms. The van der Waals surface area contributed by atoms with Crippen molar-refractivity contribution in [1.82, 2.24) is 9.97 Å². The van der Waals surface area contributed by atoms with E-state index in [0.717, 1.165) is 16.5 Å². The first-order chi connectivity index (χ1) is 11.0. The Hall–Kier alpha value is -1.73. The molecule has 0 fully saturated rings. The van der Waals surface area contributed by atoms with E-state index in [1.807, 2.05) is 24.3 Å². The molecular formula is C16H12Br2N2O3. The number of methoxy groups -OCH3 is 2. The molecule has 0 aliphatic rings. The lowest BCUT2D eigenvalue weighted by atomic mass is 10.1. The predicted molar refractivity (Wildman–Crippen MR) is 95.5 cm³/mol. The number of hydrogen-bond donors (Lipinski definition) is 0. The van der Waals surface area contributed by atoms with Crippen molar-refractivity contribution in [2.75, 3.05) is 14.2 Å². The quantitative estimate of drug-likeness (QED) is 0.344. The van der Waals surface area contributed by atoms with Gasteiger partial charge in [-0.25, -0.2) is 14.8 Å². The number of pyridine rings is 2. The van der Waals surface area contributed by atoms with Gasteiger partial charge in [0.2, 0.25) is 0 Å². The molecule has 2 heterocycles. The topological polar surface area (TPSA) is 61.3 Å². The van der Waals surface area contributed by atoms with Crippen LogP contribution in [0.4, 0.5) is 0 Å². The third kappa shape index (κ3) is 2.90. The van der Waals surface area contributed by atoms with E-state index in [1.165, 1.54) is 7.11 Å². The number of nitrogens with zero attached hydrogens (tertiary/aromatic N) is 2. The third-order valence-corrected chi connectivity index (χ3v) is 4.40. The molecular weight excluding hydrogens is 428 g/mol. The predicted octanol–water partition coefficient (Wildman–Crippen LogP) is 4.37. The van der Waals surface area contributed by atoms with Gasteiger partial charge in [0.1, 0.15) is 15.0 Å². The summed E-state index contributed by atoms with van der Waals surface area (Å²) in [6, 6.07) is 9.32. The van der Waals surface area contributed by atoms with Crippen LogP contribution in [0.2, 0.25) is 0 Å². The minimum Gasteiger partial charge on any atom is -0.496 e. The first kappa shape index (κ1) is 16.1. The Labute approximate surface area is 149 Å². The average molecular weight is 440 g/mol. The highest BCUT2D eigenvalue weighted by Gasteiger charge is 2.16. The van der Waals surface area contributed by atoms with Crippen molar-refractivity contribution >= 4 is 59.6 Å². The first-order valence-electron chi connectivity index (χ1n) is 6.70. The molecule has 3 rings (SSSR count). The molecule has 0 atom stereocenters. The highest BCUT2D eigenvalue weighted by atomic mass is 79.9. The number of carbonyl (C=O) groups is 1. The van der Waals surface area contributed by atoms with Gasteiger partial charge in [0, 0.05) is 16.8 Å². The Bertz CT molecular complexity index is 913. The van der Waals surface area contributed by atoms with Crippen molar-refractivity contribution < 1.29 is 14.3 Å². The SMILES string of the molecule is COC(=O)c1cc(OC)c2ccc3ccc(C(Br)Br)nc3c2n1. The number of esters is 1. The minimum absolute atomic E-state index is 0.0691. The second-order valence-electron chi connectivity index (χ2n) is 4.77. The molecule has 23 heavy (non-hydrogen) atoms. The Kier molecular flexibility index (Phi) is 4.50. The normalized spacial score (nSPS) is 11.2. The number of alkyl halides is 2. The van der Waals surface area contributed by atoms with Crippen LogP contribution < -0.4 is 4.74 Å². The summed E-state index contributed by atoms with van der Waals surface area (Å²) in [6.07, 6.45) is 0. The smallest absolute Gasteiger partial charge is 0.356 e. The van der Waals surface area contributed by atoms with Crippen LogP contribution in [0.5, 0.6) is 5.75 Å². The van der Waals surface area contributed by atoms with Gasteiger partial charge in [-0.3, -0.25) is 0 Å². The summed E-state index contributed by atoms with van der Waals surface area (Å²) in [6.45, 7) is 0. The Morgan fingerprint density at radius 1 is 1.09 bits per heavy atom. The van der Waals surface area contributed by atoms with Gasteiger partial charge in [0.05, 0.1) is 25.4 Å². The largest absolute Gasteiger partial charge is 0.496 e. The molecule has 0 aliphatic carbocycles. The summed E-state index contributed by atoms with van der Waals surface area (Å²) >= 11 is 6.89. The van der Waals surface area contributed by atoms with Gasteiger partial charge in [0.25, 0.3) is 0 Å². The van der Waals surface area contributed by atoms with E-state index >= 15 is 0 Å². The van der Waals surface area contributed by atoms with Crippen LogP contribution >= 0.6 is 31.9 Å². The van der Waals surface area contributed by atoms with Gasteiger partial charge >= 0.3 is 5.97 Å². The van der Waals surface area contributed by atoms with Crippen molar-refractivity contribution in [3.8, 4) is 5.75 Å². The zero-order valence-electron chi connectivity index (χ0n) is 12.3. The van der Waals surface area contributed by atoms with E-state index in [4.69, 9.17) is 9.47 Å². The van der Waals surface area contributed by atoms with E-state index in [9.17, 15) is 4.79 Å². The van der Waals surface area contributed by atoms with Crippen molar-refractivity contribution in [3.05, 3.63) is 41.7 Å². The zero-order valence-corrected chi connectivity index (χ0v) is 15.5. The van der Waals surface area contributed by atoms with Crippen molar-refractivity contribution in [2.24, 2.45) is 0 Å². The maximum Gasteiger partial charge on any atom is 0.356 e. The number of aromatic nitrogens is 2. The first-order valence-corrected chi connectivity index (χ1v) is 8.53. The van der Waals surface area contributed by atoms with E-state index in [-0.39, 0.29) is 9.43 Å². The average Bonchev–Trinajstić information content (AvgIpc) is 2.59. The number of hydrogen-bond acceptors (Lipinski definition) is 5. The Morgan fingerprint density at radius 2 is 1.83 bits per heavy atom. The van der Waals surface area contributed by atoms with Crippen molar-refractivity contribution in [2.45, 2.75) is 3.74 Å². The van der Waals surface area contributed by atoms with Crippen molar-refractivity contribution in [1.29, 1.82) is 0 Å². The number of fused-ring (bicyclic) bond motifs is 3. The van der Waals surface area contributed by atoms with Crippen LogP contribution in [0.25, 0.3) is 21.8 Å². The van der Waals surface area contributed by atoms with Crippen LogP contribution in [-0.2, 0) is 4.74 Å². The molecule has 5 nitrogen and oxygen atoms in total. The maximum atomic E-state index is 11.9. The summed E-state index contributed by atoms with van der Waals surface area (Å²) in [5.41, 5.74) is 2.30. The Balaban J connectivity index is 2.40. The van der Waals surface area contributed by atoms with E-state index in [2.05, 4.69) is 41.8 Å². The van der Waals surface area contributed by atoms with E-state index < -0.39 is 5.97 Å². The Morgan fingerprint density at radius 3 is 2.48 bits per heavy atom. The number of benzene rings is 1. The lowest BCUT2D eigenvalue weighted by Crippen LogP contribution is -2.05. The minimum atomic E-state index is -0.516. The zero-order chi connectivity index (χ0) is 16.6. The van der Waals surface area contributed by atoms with E-state index in [1.54, 1.807) is 13.2 Å². The van der Waals surface area contributed by atoms with E-state index in [0.29, 0.717) is 16.8 Å². The number of carbonyl (C=O) groups excluding carboxylic acids is 1. The molecule has 0 amide bonds. The molecule has 0 unspecified atom stereocenters. The fraction of sp³-hybridized carbons (Fsp3) is 0.188. The van der Waals surface area contributed by atoms with Crippen LogP contribution in [0.3, 0.4) is 0 Å². The molecule has 2 aromatic heterocycles. The molecule has 0 radical (unpaired) electrons. The molecule has 118 valence electrons. The molecule has 0 aliphatic heterocycles. The molecule has 3 aromatic rings. The molecule has 0 saturated carbocycles. The van der Waals surface area contributed by atoms with Crippen molar-refractivity contribution in [3.63, 3.8) is 0 Å². The molecule has 1 aromatic carbocycles. The van der Waals surface area contributed by atoms with Gasteiger partial charge in [-0.1, -0.05) is 44.0 Å². The summed E-state index contributed by atoms with van der Waals surface area (Å²) in [4.78, 5) is 20.9. The number of rotatable bonds is 3. The summed E-state index contributed by atoms with van der Waals surface area (Å²) in [7, 11) is 2.87. The van der Waals surface area contributed by atoms with Crippen LogP contribution in [0, 0.1) is 0 Å². The number of halogens is 2. The van der Waals surface area contributed by atoms with Gasteiger partial charge < -0.3 is 9.47 Å². The van der Waals surface area contributed by atoms with Crippen LogP contribution in [0.15, 0.2) is 30.3 Å². The molecule has 0 N–H and O–H groups in total. The monoisotopic (exact) mass is 438 g/mol. The van der Waals surface area contributed by atoms with Gasteiger partial charge in [0.15, 0.2) is 5.69 Å². The lowest BCUT2D eigenvalue weighted by Gasteiger charge is -2.10. The standard InChI is InChI=1S/C16H12Br2N2O3/c1-22-12-7-11(16(21)23-2)20-14-9(12)5-3-8-4-6-10(15(17)18)19-13(8)14/h3-7,15H,1-2H3. The summed E-state index contributed by atoms with van der Waals surface area (Å²) in [5, 5.41) is 1.72. The van der Waals surface area contributed by atoms with Gasteiger partial charge in [-0.2, -0.15) is 0 Å². The summed E-state index contributed by atoms with van der Waals surface area (Å²) < 4.78 is 10.1. The third-order valence-electron chi connectivity index (χ3n) is 3.46. The second-order valence-corrected chi connectivity index (χ2v) is 7.83. The highest BCUT2D eigenvalue weighted by Crippen LogP contribution is 2.33. The molecule has 0 spiro atoms. The second kappa shape index (κ2) is 6.41. The van der Waals surface area contributed by atoms with Gasteiger partial charge in [-0.15, -0.1) is 0 Å². The fourth-order valence-corrected chi connectivity index (χ4v) is 2.86. The molecule has 0 bridgehead atoms. The maximum absolute atomic E-state index is 11.9. The molecule has 0 saturated heterocycles. The highest BCUT2D eigenvalue weighted by molar-refractivity contribution is 9.24. The van der Waals surface area contributed by atoms with Crippen LogP contribution in [0.1, 0.15) is 19.9 Å². The van der Waals surface area contributed by atoms with Gasteiger partial charge in [-0.05, 0) is 12.1 Å².